The number of carbonyl (C=O) groups excluding carboxylic acids is 1. The second-order valence-electron chi connectivity index (χ2n) is 15.7. The fourth-order valence-corrected chi connectivity index (χ4v) is 5.91. The van der Waals surface area contributed by atoms with Gasteiger partial charge in [-0.1, -0.05) is 138 Å². The largest absolute Gasteiger partial charge is 1.00 e. The molecule has 2 N–H and O–H groups in total. The van der Waals surface area contributed by atoms with Crippen molar-refractivity contribution in [2.45, 2.75) is 168 Å². The number of quaternary nitrogens is 1. The minimum Gasteiger partial charge on any atom is -1.00 e. The summed E-state index contributed by atoms with van der Waals surface area (Å²) in [6.07, 6.45) is 21.8. The third-order valence-corrected chi connectivity index (χ3v) is 8.81. The molecule has 0 aromatic heterocycles. The van der Waals surface area contributed by atoms with E-state index in [1.807, 2.05) is 0 Å². The Morgan fingerprint density at radius 1 is 0.698 bits per heavy atom. The third-order valence-electron chi connectivity index (χ3n) is 8.81. The number of nitrogens with zero attached hydrogens (tertiary/aromatic N) is 1. The van der Waals surface area contributed by atoms with Gasteiger partial charge < -0.3 is 31.9 Å². The van der Waals surface area contributed by atoms with Gasteiger partial charge in [0.1, 0.15) is 5.75 Å². The van der Waals surface area contributed by atoms with Gasteiger partial charge in [-0.05, 0) is 46.8 Å². The van der Waals surface area contributed by atoms with Crippen molar-refractivity contribution >= 4 is 5.91 Å². The van der Waals surface area contributed by atoms with E-state index in [1.54, 1.807) is 0 Å². The van der Waals surface area contributed by atoms with Crippen molar-refractivity contribution in [1.29, 1.82) is 0 Å². The molecule has 0 unspecified atom stereocenters. The predicted molar refractivity (Wildman–Crippen MR) is 184 cm³/mol. The van der Waals surface area contributed by atoms with Gasteiger partial charge in [0, 0.05) is 19.4 Å². The molecule has 0 spiro atoms. The molecule has 0 saturated heterocycles. The highest BCUT2D eigenvalue weighted by molar-refractivity contribution is 5.76. The van der Waals surface area contributed by atoms with Crippen molar-refractivity contribution in [3.8, 4) is 5.75 Å². The highest BCUT2D eigenvalue weighted by atomic mass is 79.9. The van der Waals surface area contributed by atoms with Crippen LogP contribution in [0.15, 0.2) is 12.1 Å². The lowest BCUT2D eigenvalue weighted by atomic mass is 9.78. The van der Waals surface area contributed by atoms with Crippen molar-refractivity contribution in [3.05, 3.63) is 28.8 Å². The highest BCUT2D eigenvalue weighted by Gasteiger charge is 2.26. The Kier molecular flexibility index (Phi) is 21.1. The molecule has 1 amide bonds. The second kappa shape index (κ2) is 21.6. The first kappa shape index (κ1) is 41.9. The number of hydrogen-bond acceptors (Lipinski definition) is 2. The Hall–Kier alpha value is -1.07. The number of phenols is 1. The molecule has 0 aliphatic carbocycles. The topological polar surface area (TPSA) is 49.3 Å². The molecule has 1 rings (SSSR count). The molecule has 0 aliphatic heterocycles. The molecule has 252 valence electrons. The van der Waals surface area contributed by atoms with E-state index in [0.29, 0.717) is 18.6 Å². The summed E-state index contributed by atoms with van der Waals surface area (Å²) in [6.45, 7) is 18.1. The van der Waals surface area contributed by atoms with Gasteiger partial charge in [-0.15, -0.1) is 0 Å². The van der Waals surface area contributed by atoms with Crippen molar-refractivity contribution in [1.82, 2.24) is 5.32 Å². The third kappa shape index (κ3) is 19.1. The van der Waals surface area contributed by atoms with Gasteiger partial charge in [-0.25, -0.2) is 0 Å². The van der Waals surface area contributed by atoms with E-state index < -0.39 is 0 Å². The van der Waals surface area contributed by atoms with Crippen molar-refractivity contribution < 1.29 is 31.4 Å². The molecule has 5 heteroatoms. The normalized spacial score (nSPS) is 12.3. The number of nitrogens with one attached hydrogen (secondary N) is 1. The number of benzene rings is 1. The number of amides is 1. The lowest BCUT2D eigenvalue weighted by Gasteiger charge is -2.30. The average Bonchev–Trinajstić information content (AvgIpc) is 2.89. The van der Waals surface area contributed by atoms with Crippen LogP contribution in [0, 0.1) is 0 Å². The molecule has 4 nitrogen and oxygen atoms in total. The van der Waals surface area contributed by atoms with Crippen LogP contribution in [0.2, 0.25) is 0 Å². The number of unbranched alkanes of at least 4 members (excludes halogenated alkanes) is 13. The Morgan fingerprint density at radius 3 is 1.51 bits per heavy atom. The quantitative estimate of drug-likeness (QED) is 0.104. The van der Waals surface area contributed by atoms with E-state index >= 15 is 0 Å². The van der Waals surface area contributed by atoms with Crippen molar-refractivity contribution in [2.24, 2.45) is 0 Å². The Morgan fingerprint density at radius 2 is 1.09 bits per heavy atom. The molecule has 0 saturated carbocycles. The zero-order valence-electron chi connectivity index (χ0n) is 30.0. The summed E-state index contributed by atoms with van der Waals surface area (Å²) >= 11 is 0. The van der Waals surface area contributed by atoms with Crippen LogP contribution in [0.25, 0.3) is 0 Å². The lowest BCUT2D eigenvalue weighted by Crippen LogP contribution is -3.00. The molecular formula is C38H71BrN2O2. The maximum Gasteiger partial charge on any atom is 0.220 e. The second-order valence-corrected chi connectivity index (χ2v) is 15.7. The first-order valence-electron chi connectivity index (χ1n) is 17.6. The van der Waals surface area contributed by atoms with Crippen molar-refractivity contribution in [3.63, 3.8) is 0 Å². The van der Waals surface area contributed by atoms with Gasteiger partial charge in [-0.2, -0.15) is 0 Å². The van der Waals surface area contributed by atoms with E-state index in [0.717, 1.165) is 40.7 Å². The SMILES string of the molecule is CCCCCCCCCCCCCCCC[N+](C)(C)CCCNC(=O)CCc1cc(C(C)(C)C)c(O)c(C(C)(C)C)c1.[Br-]. The molecule has 0 atom stereocenters. The Bertz CT molecular complexity index is 848. The molecular weight excluding hydrogens is 596 g/mol. The minimum absolute atomic E-state index is 0. The summed E-state index contributed by atoms with van der Waals surface area (Å²) in [5, 5.41) is 14.1. The maximum atomic E-state index is 12.6. The predicted octanol–water partition coefficient (Wildman–Crippen LogP) is 6.99. The summed E-state index contributed by atoms with van der Waals surface area (Å²) in [5.41, 5.74) is 2.75. The molecule has 43 heavy (non-hydrogen) atoms. The fourth-order valence-electron chi connectivity index (χ4n) is 5.91. The number of halogens is 1. The van der Waals surface area contributed by atoms with E-state index in [-0.39, 0.29) is 33.7 Å². The van der Waals surface area contributed by atoms with Gasteiger partial charge in [0.25, 0.3) is 0 Å². The fraction of sp³-hybridized carbons (Fsp3) is 0.816. The van der Waals surface area contributed by atoms with Crippen LogP contribution in [-0.2, 0) is 22.0 Å². The number of aryl methyl sites for hydroxylation is 1. The molecule has 1 aromatic rings. The zero-order chi connectivity index (χ0) is 31.7. The van der Waals surface area contributed by atoms with E-state index in [1.165, 1.54) is 96.4 Å². The van der Waals surface area contributed by atoms with E-state index in [9.17, 15) is 9.90 Å². The number of aromatic hydroxyl groups is 1. The van der Waals surface area contributed by atoms with Crippen LogP contribution in [-0.4, -0.2) is 49.2 Å². The summed E-state index contributed by atoms with van der Waals surface area (Å²) in [4.78, 5) is 12.6. The van der Waals surface area contributed by atoms with Crippen LogP contribution in [0.4, 0.5) is 0 Å². The molecule has 0 bridgehead atoms. The average molecular weight is 668 g/mol. The van der Waals surface area contributed by atoms with Crippen LogP contribution in [0.1, 0.15) is 168 Å². The molecule has 1 aromatic carbocycles. The minimum atomic E-state index is -0.153. The first-order chi connectivity index (χ1) is 19.7. The van der Waals surface area contributed by atoms with Crippen molar-refractivity contribution in [2.75, 3.05) is 33.7 Å². The first-order valence-corrected chi connectivity index (χ1v) is 17.6. The number of carbonyl (C=O) groups is 1. The summed E-state index contributed by atoms with van der Waals surface area (Å²) in [7, 11) is 4.66. The van der Waals surface area contributed by atoms with E-state index in [2.05, 4.69) is 80.0 Å². The molecule has 0 fully saturated rings. The van der Waals surface area contributed by atoms with Gasteiger partial charge in [0.2, 0.25) is 5.91 Å². The van der Waals surface area contributed by atoms with Crippen LogP contribution in [0.5, 0.6) is 5.75 Å². The molecule has 0 radical (unpaired) electrons. The monoisotopic (exact) mass is 666 g/mol. The smallest absolute Gasteiger partial charge is 0.220 e. The van der Waals surface area contributed by atoms with Gasteiger partial charge >= 0.3 is 0 Å². The standard InChI is InChI=1S/C38H70N2O2.BrH/c1-10-11-12-13-14-15-16-17-18-19-20-21-22-23-28-40(8,9)29-24-27-39-35(41)26-25-32-30-33(37(2,3)4)36(42)34(31-32)38(5,6)7;/h30-31H,10-29H2,1-9H3,(H-,39,41,42);1H. The number of hydrogen-bond donors (Lipinski definition) is 2. The maximum absolute atomic E-state index is 12.6. The summed E-state index contributed by atoms with van der Waals surface area (Å²) in [6, 6.07) is 4.18. The zero-order valence-corrected chi connectivity index (χ0v) is 31.6. The van der Waals surface area contributed by atoms with Crippen LogP contribution < -0.4 is 22.3 Å². The Labute approximate surface area is 278 Å². The van der Waals surface area contributed by atoms with Gasteiger partial charge in [0.05, 0.1) is 27.2 Å². The van der Waals surface area contributed by atoms with Gasteiger partial charge in [-0.3, -0.25) is 4.79 Å². The van der Waals surface area contributed by atoms with Crippen LogP contribution in [0.3, 0.4) is 0 Å². The van der Waals surface area contributed by atoms with E-state index in [4.69, 9.17) is 0 Å². The number of phenolic OH excluding ortho intramolecular Hbond substituents is 1. The molecule has 0 heterocycles. The van der Waals surface area contributed by atoms with Crippen LogP contribution >= 0.6 is 0 Å². The number of rotatable bonds is 22. The summed E-state index contributed by atoms with van der Waals surface area (Å²) < 4.78 is 1.03. The van der Waals surface area contributed by atoms with Gasteiger partial charge in [0.15, 0.2) is 0 Å². The lowest BCUT2D eigenvalue weighted by molar-refractivity contribution is -0.890. The summed E-state index contributed by atoms with van der Waals surface area (Å²) in [5.74, 6) is 0.521. The molecule has 0 aliphatic rings. The highest BCUT2D eigenvalue weighted by Crippen LogP contribution is 2.40. The Balaban J connectivity index is 0.0000176.